The fourth-order valence-electron chi connectivity index (χ4n) is 1.98. The molecule has 1 saturated heterocycles. The van der Waals surface area contributed by atoms with Crippen LogP contribution in [-0.4, -0.2) is 58.8 Å². The predicted molar refractivity (Wildman–Crippen MR) is 73.3 cm³/mol. The molecule has 21 heavy (non-hydrogen) atoms. The van der Waals surface area contributed by atoms with Gasteiger partial charge in [0.05, 0.1) is 24.8 Å². The van der Waals surface area contributed by atoms with Crippen LogP contribution in [0.3, 0.4) is 0 Å². The van der Waals surface area contributed by atoms with Gasteiger partial charge in [-0.25, -0.2) is 9.78 Å². The summed E-state index contributed by atoms with van der Waals surface area (Å²) in [6.07, 6.45) is 0.472. The standard InChI is InChI=1S/C14H18N2O5/c1-9(2)21-12-4-3-10(7-15-12)13(17)16-5-6-20-11(8-16)14(18)19/h3-4,7,9,11H,5-6,8H2,1-2H3,(H,18,19). The third kappa shape index (κ3) is 3.91. The molecule has 7 heteroatoms. The van der Waals surface area contributed by atoms with Crippen LogP contribution in [0.5, 0.6) is 5.88 Å². The van der Waals surface area contributed by atoms with E-state index < -0.39 is 12.1 Å². The summed E-state index contributed by atoms with van der Waals surface area (Å²) in [4.78, 5) is 28.7. The summed E-state index contributed by atoms with van der Waals surface area (Å²) in [6.45, 7) is 4.40. The van der Waals surface area contributed by atoms with Gasteiger partial charge in [0.15, 0.2) is 6.10 Å². The van der Waals surface area contributed by atoms with Crippen LogP contribution < -0.4 is 4.74 Å². The van der Waals surface area contributed by atoms with E-state index in [1.54, 1.807) is 12.1 Å². The third-order valence-electron chi connectivity index (χ3n) is 2.97. The van der Waals surface area contributed by atoms with E-state index in [2.05, 4.69) is 4.98 Å². The molecule has 1 atom stereocenters. The van der Waals surface area contributed by atoms with E-state index in [0.717, 1.165) is 0 Å². The number of carbonyl (C=O) groups excluding carboxylic acids is 1. The number of ether oxygens (including phenoxy) is 2. The first-order valence-electron chi connectivity index (χ1n) is 6.73. The van der Waals surface area contributed by atoms with E-state index in [0.29, 0.717) is 18.0 Å². The zero-order valence-corrected chi connectivity index (χ0v) is 12.0. The molecule has 7 nitrogen and oxygen atoms in total. The Balaban J connectivity index is 2.03. The molecule has 1 amide bonds. The second-order valence-electron chi connectivity index (χ2n) is 5.00. The molecule has 1 fully saturated rings. The van der Waals surface area contributed by atoms with Gasteiger partial charge >= 0.3 is 5.97 Å². The van der Waals surface area contributed by atoms with Gasteiger partial charge in [-0.3, -0.25) is 4.79 Å². The second kappa shape index (κ2) is 6.53. The van der Waals surface area contributed by atoms with E-state index in [-0.39, 0.29) is 25.2 Å². The summed E-state index contributed by atoms with van der Waals surface area (Å²) in [5.74, 6) is -0.869. The van der Waals surface area contributed by atoms with Gasteiger partial charge < -0.3 is 19.5 Å². The van der Waals surface area contributed by atoms with Gasteiger partial charge in [0.1, 0.15) is 0 Å². The molecular weight excluding hydrogens is 276 g/mol. The molecule has 2 rings (SSSR count). The quantitative estimate of drug-likeness (QED) is 0.883. The van der Waals surface area contributed by atoms with Gasteiger partial charge in [-0.2, -0.15) is 0 Å². The highest BCUT2D eigenvalue weighted by Gasteiger charge is 2.29. The maximum Gasteiger partial charge on any atom is 0.334 e. The first-order valence-corrected chi connectivity index (χ1v) is 6.73. The molecular formula is C14H18N2O5. The normalized spacial score (nSPS) is 18.6. The number of carboxylic acids is 1. The van der Waals surface area contributed by atoms with Crippen LogP contribution in [0.4, 0.5) is 0 Å². The molecule has 0 spiro atoms. The minimum Gasteiger partial charge on any atom is -0.479 e. The van der Waals surface area contributed by atoms with Crippen molar-refractivity contribution in [2.24, 2.45) is 0 Å². The van der Waals surface area contributed by atoms with E-state index in [1.165, 1.54) is 11.1 Å². The predicted octanol–water partition coefficient (Wildman–Crippen LogP) is 0.794. The van der Waals surface area contributed by atoms with Crippen molar-refractivity contribution in [3.05, 3.63) is 23.9 Å². The van der Waals surface area contributed by atoms with Gasteiger partial charge in [-0.1, -0.05) is 0 Å². The monoisotopic (exact) mass is 294 g/mol. The van der Waals surface area contributed by atoms with Crippen molar-refractivity contribution in [1.29, 1.82) is 0 Å². The smallest absolute Gasteiger partial charge is 0.334 e. The van der Waals surface area contributed by atoms with Crippen LogP contribution in [0.25, 0.3) is 0 Å². The summed E-state index contributed by atoms with van der Waals surface area (Å²) in [6, 6.07) is 3.25. The van der Waals surface area contributed by atoms with Crippen LogP contribution in [-0.2, 0) is 9.53 Å². The Morgan fingerprint density at radius 2 is 2.24 bits per heavy atom. The highest BCUT2D eigenvalue weighted by Crippen LogP contribution is 2.14. The number of amides is 1. The zero-order valence-electron chi connectivity index (χ0n) is 12.0. The minimum absolute atomic E-state index is 0.00891. The number of aromatic nitrogens is 1. The van der Waals surface area contributed by atoms with Crippen LogP contribution in [0.2, 0.25) is 0 Å². The lowest BCUT2D eigenvalue weighted by molar-refractivity contribution is -0.154. The molecule has 2 heterocycles. The first-order chi connectivity index (χ1) is 9.97. The van der Waals surface area contributed by atoms with Gasteiger partial charge in [0.2, 0.25) is 5.88 Å². The summed E-state index contributed by atoms with van der Waals surface area (Å²) in [5, 5.41) is 8.94. The molecule has 0 radical (unpaired) electrons. The van der Waals surface area contributed by atoms with Crippen molar-refractivity contribution >= 4 is 11.9 Å². The SMILES string of the molecule is CC(C)Oc1ccc(C(=O)N2CCOC(C(=O)O)C2)cn1. The maximum atomic E-state index is 12.3. The number of nitrogens with zero attached hydrogens (tertiary/aromatic N) is 2. The summed E-state index contributed by atoms with van der Waals surface area (Å²) < 4.78 is 10.5. The van der Waals surface area contributed by atoms with Crippen molar-refractivity contribution < 1.29 is 24.2 Å². The van der Waals surface area contributed by atoms with Crippen molar-refractivity contribution in [3.63, 3.8) is 0 Å². The number of hydrogen-bond donors (Lipinski definition) is 1. The van der Waals surface area contributed by atoms with E-state index >= 15 is 0 Å². The number of morpholine rings is 1. The molecule has 1 aliphatic rings. The molecule has 0 aromatic carbocycles. The fourth-order valence-corrected chi connectivity index (χ4v) is 1.98. The van der Waals surface area contributed by atoms with E-state index in [9.17, 15) is 9.59 Å². The summed E-state index contributed by atoms with van der Waals surface area (Å²) in [7, 11) is 0. The minimum atomic E-state index is -1.06. The lowest BCUT2D eigenvalue weighted by atomic mass is 10.2. The van der Waals surface area contributed by atoms with E-state index in [1.807, 2.05) is 13.8 Å². The summed E-state index contributed by atoms with van der Waals surface area (Å²) in [5.41, 5.74) is 0.400. The van der Waals surface area contributed by atoms with Crippen molar-refractivity contribution in [2.75, 3.05) is 19.7 Å². The number of aliphatic carboxylic acids is 1. The Morgan fingerprint density at radius 1 is 1.48 bits per heavy atom. The number of carbonyl (C=O) groups is 2. The molecule has 0 bridgehead atoms. The number of hydrogen-bond acceptors (Lipinski definition) is 5. The fraction of sp³-hybridized carbons (Fsp3) is 0.500. The van der Waals surface area contributed by atoms with Crippen LogP contribution in [0.15, 0.2) is 18.3 Å². The molecule has 114 valence electrons. The lowest BCUT2D eigenvalue weighted by Gasteiger charge is -2.30. The van der Waals surface area contributed by atoms with Crippen molar-refractivity contribution in [2.45, 2.75) is 26.1 Å². The lowest BCUT2D eigenvalue weighted by Crippen LogP contribution is -2.48. The van der Waals surface area contributed by atoms with Crippen molar-refractivity contribution in [1.82, 2.24) is 9.88 Å². The highest BCUT2D eigenvalue weighted by atomic mass is 16.5. The van der Waals surface area contributed by atoms with Gasteiger partial charge in [0.25, 0.3) is 5.91 Å². The highest BCUT2D eigenvalue weighted by molar-refractivity contribution is 5.94. The first kappa shape index (κ1) is 15.2. The summed E-state index contributed by atoms with van der Waals surface area (Å²) >= 11 is 0. The second-order valence-corrected chi connectivity index (χ2v) is 5.00. The number of pyridine rings is 1. The Hall–Kier alpha value is -2.15. The molecule has 1 unspecified atom stereocenters. The zero-order chi connectivity index (χ0) is 15.4. The third-order valence-corrected chi connectivity index (χ3v) is 2.97. The van der Waals surface area contributed by atoms with Crippen LogP contribution in [0.1, 0.15) is 24.2 Å². The maximum absolute atomic E-state index is 12.3. The molecule has 1 aromatic rings. The Morgan fingerprint density at radius 3 is 2.81 bits per heavy atom. The molecule has 0 saturated carbocycles. The largest absolute Gasteiger partial charge is 0.479 e. The Labute approximate surface area is 122 Å². The van der Waals surface area contributed by atoms with Crippen LogP contribution in [0, 0.1) is 0 Å². The van der Waals surface area contributed by atoms with Crippen molar-refractivity contribution in [3.8, 4) is 5.88 Å². The Bertz CT molecular complexity index is 515. The molecule has 1 aromatic heterocycles. The van der Waals surface area contributed by atoms with Gasteiger partial charge in [-0.15, -0.1) is 0 Å². The van der Waals surface area contributed by atoms with E-state index in [4.69, 9.17) is 14.6 Å². The number of carboxylic acid groups (broad SMARTS) is 1. The number of rotatable bonds is 4. The molecule has 1 aliphatic heterocycles. The average Bonchev–Trinajstić information content (AvgIpc) is 2.47. The Kier molecular flexibility index (Phi) is 4.74. The average molecular weight is 294 g/mol. The van der Waals surface area contributed by atoms with Crippen LogP contribution >= 0.6 is 0 Å². The van der Waals surface area contributed by atoms with Gasteiger partial charge in [-0.05, 0) is 19.9 Å². The van der Waals surface area contributed by atoms with Gasteiger partial charge in [0, 0.05) is 18.8 Å². The topological polar surface area (TPSA) is 89.0 Å². The molecule has 0 aliphatic carbocycles. The molecule has 1 N–H and O–H groups in total.